The lowest BCUT2D eigenvalue weighted by Crippen LogP contribution is -2.37. The van der Waals surface area contributed by atoms with Crippen LogP contribution < -0.4 is 10.2 Å². The molecule has 0 aromatic heterocycles. The zero-order chi connectivity index (χ0) is 18.4. The van der Waals surface area contributed by atoms with Crippen LogP contribution in [0.3, 0.4) is 0 Å². The fourth-order valence-corrected chi connectivity index (χ4v) is 2.75. The number of benzene rings is 1. The molecule has 136 valence electrons. The van der Waals surface area contributed by atoms with Crippen LogP contribution in [-0.2, 0) is 14.3 Å². The van der Waals surface area contributed by atoms with Crippen LogP contribution in [0.15, 0.2) is 24.3 Å². The van der Waals surface area contributed by atoms with E-state index in [2.05, 4.69) is 5.32 Å². The number of carbonyl (C=O) groups is 3. The molecule has 0 spiro atoms. The molecule has 7 heteroatoms. The second-order valence-electron chi connectivity index (χ2n) is 6.24. The minimum absolute atomic E-state index is 0.133. The highest BCUT2D eigenvalue weighted by Gasteiger charge is 2.36. The van der Waals surface area contributed by atoms with E-state index in [1.165, 1.54) is 4.90 Å². The summed E-state index contributed by atoms with van der Waals surface area (Å²) in [6, 6.07) is 6.82. The van der Waals surface area contributed by atoms with Crippen molar-refractivity contribution in [2.24, 2.45) is 5.92 Å². The number of nitrogens with one attached hydrogen (secondary N) is 1. The van der Waals surface area contributed by atoms with Crippen molar-refractivity contribution in [2.75, 3.05) is 45.2 Å². The van der Waals surface area contributed by atoms with Crippen molar-refractivity contribution in [2.45, 2.75) is 13.3 Å². The molecule has 1 aliphatic rings. The topological polar surface area (TPSA) is 79.0 Å². The lowest BCUT2D eigenvalue weighted by atomic mass is 10.1. The van der Waals surface area contributed by atoms with Gasteiger partial charge in [0, 0.05) is 26.1 Å². The maximum Gasteiger partial charge on any atom is 0.340 e. The Morgan fingerprint density at radius 3 is 2.72 bits per heavy atom. The maximum absolute atomic E-state index is 12.4. The van der Waals surface area contributed by atoms with Gasteiger partial charge in [-0.1, -0.05) is 12.1 Å². The van der Waals surface area contributed by atoms with E-state index >= 15 is 0 Å². The van der Waals surface area contributed by atoms with Crippen molar-refractivity contribution in [3.63, 3.8) is 0 Å². The molecule has 2 amide bonds. The van der Waals surface area contributed by atoms with E-state index in [0.29, 0.717) is 17.8 Å². The van der Waals surface area contributed by atoms with Gasteiger partial charge in [-0.25, -0.2) is 4.79 Å². The number of anilines is 1. The highest BCUT2D eigenvalue weighted by Crippen LogP contribution is 2.28. The van der Waals surface area contributed by atoms with Crippen LogP contribution in [0.5, 0.6) is 0 Å². The van der Waals surface area contributed by atoms with Crippen LogP contribution in [0.2, 0.25) is 0 Å². The van der Waals surface area contributed by atoms with Crippen molar-refractivity contribution >= 4 is 23.5 Å². The number of nitrogens with zero attached hydrogens (tertiary/aromatic N) is 2. The van der Waals surface area contributed by atoms with E-state index in [9.17, 15) is 14.4 Å². The Labute approximate surface area is 147 Å². The van der Waals surface area contributed by atoms with Crippen LogP contribution >= 0.6 is 0 Å². The van der Waals surface area contributed by atoms with Gasteiger partial charge >= 0.3 is 5.97 Å². The van der Waals surface area contributed by atoms with Crippen LogP contribution in [-0.4, -0.2) is 63.0 Å². The lowest BCUT2D eigenvalue weighted by Gasteiger charge is -2.19. The SMILES string of the molecule is CCOC(=O)c1ccccc1N1CC(C(=O)NCCN(C)C)CC1=O. The molecule has 1 aliphatic heterocycles. The third kappa shape index (κ3) is 4.79. The monoisotopic (exact) mass is 347 g/mol. The Kier molecular flexibility index (Phi) is 6.52. The van der Waals surface area contributed by atoms with E-state index in [-0.39, 0.29) is 31.4 Å². The third-order valence-electron chi connectivity index (χ3n) is 4.04. The quantitative estimate of drug-likeness (QED) is 0.741. The highest BCUT2D eigenvalue weighted by atomic mass is 16.5. The normalized spacial score (nSPS) is 17.0. The molecule has 2 rings (SSSR count). The minimum atomic E-state index is -0.468. The zero-order valence-electron chi connectivity index (χ0n) is 14.9. The number of carbonyl (C=O) groups excluding carboxylic acids is 3. The minimum Gasteiger partial charge on any atom is -0.462 e. The third-order valence-corrected chi connectivity index (χ3v) is 4.04. The molecule has 0 bridgehead atoms. The molecule has 1 unspecified atom stereocenters. The molecule has 1 aromatic rings. The van der Waals surface area contributed by atoms with Gasteiger partial charge in [-0.05, 0) is 33.2 Å². The molecule has 1 aromatic carbocycles. The predicted molar refractivity (Wildman–Crippen MR) is 94.4 cm³/mol. The number of rotatable bonds is 7. The van der Waals surface area contributed by atoms with Gasteiger partial charge in [-0.2, -0.15) is 0 Å². The van der Waals surface area contributed by atoms with E-state index in [4.69, 9.17) is 4.74 Å². The molecule has 1 heterocycles. The van der Waals surface area contributed by atoms with Crippen LogP contribution in [0, 0.1) is 5.92 Å². The summed E-state index contributed by atoms with van der Waals surface area (Å²) in [5.74, 6) is -1.18. The van der Waals surface area contributed by atoms with Crippen LogP contribution in [0.4, 0.5) is 5.69 Å². The number of amides is 2. The molecule has 0 radical (unpaired) electrons. The Morgan fingerprint density at radius 1 is 1.32 bits per heavy atom. The molecule has 1 N–H and O–H groups in total. The fourth-order valence-electron chi connectivity index (χ4n) is 2.75. The van der Waals surface area contributed by atoms with E-state index < -0.39 is 11.9 Å². The number of hydrogen-bond donors (Lipinski definition) is 1. The highest BCUT2D eigenvalue weighted by molar-refractivity contribution is 6.05. The molecule has 25 heavy (non-hydrogen) atoms. The Balaban J connectivity index is 2.08. The fraction of sp³-hybridized carbons (Fsp3) is 0.500. The first kappa shape index (κ1) is 18.9. The maximum atomic E-state index is 12.4. The van der Waals surface area contributed by atoms with Gasteiger partial charge in [0.1, 0.15) is 0 Å². The summed E-state index contributed by atoms with van der Waals surface area (Å²) in [4.78, 5) is 40.2. The van der Waals surface area contributed by atoms with Gasteiger partial charge in [0.25, 0.3) is 0 Å². The first-order valence-electron chi connectivity index (χ1n) is 8.43. The first-order valence-corrected chi connectivity index (χ1v) is 8.43. The molecule has 1 atom stereocenters. The summed E-state index contributed by atoms with van der Waals surface area (Å²) >= 11 is 0. The lowest BCUT2D eigenvalue weighted by molar-refractivity contribution is -0.126. The summed E-state index contributed by atoms with van der Waals surface area (Å²) in [6.45, 7) is 3.54. The van der Waals surface area contributed by atoms with Crippen LogP contribution in [0.1, 0.15) is 23.7 Å². The van der Waals surface area contributed by atoms with E-state index in [1.807, 2.05) is 19.0 Å². The Hall–Kier alpha value is -2.41. The molecule has 0 aliphatic carbocycles. The van der Waals surface area contributed by atoms with Gasteiger partial charge in [-0.15, -0.1) is 0 Å². The Bertz CT molecular complexity index is 645. The number of likely N-dealkylation sites (N-methyl/N-ethyl adjacent to an activating group) is 1. The number of hydrogen-bond acceptors (Lipinski definition) is 5. The van der Waals surface area contributed by atoms with Gasteiger partial charge in [0.15, 0.2) is 0 Å². The average molecular weight is 347 g/mol. The van der Waals surface area contributed by atoms with Gasteiger partial charge in [-0.3, -0.25) is 9.59 Å². The second kappa shape index (κ2) is 8.62. The van der Waals surface area contributed by atoms with Crippen molar-refractivity contribution in [1.82, 2.24) is 10.2 Å². The smallest absolute Gasteiger partial charge is 0.340 e. The van der Waals surface area contributed by atoms with Gasteiger partial charge < -0.3 is 19.9 Å². The second-order valence-corrected chi connectivity index (χ2v) is 6.24. The predicted octanol–water partition coefficient (Wildman–Crippen LogP) is 0.894. The van der Waals surface area contributed by atoms with Gasteiger partial charge in [0.05, 0.1) is 23.8 Å². The first-order chi connectivity index (χ1) is 11.9. The van der Waals surface area contributed by atoms with Crippen LogP contribution in [0.25, 0.3) is 0 Å². The molecule has 1 saturated heterocycles. The number of para-hydroxylation sites is 1. The van der Waals surface area contributed by atoms with Crippen molar-refractivity contribution < 1.29 is 19.1 Å². The van der Waals surface area contributed by atoms with Gasteiger partial charge in [0.2, 0.25) is 11.8 Å². The van der Waals surface area contributed by atoms with Crippen molar-refractivity contribution in [3.8, 4) is 0 Å². The summed E-state index contributed by atoms with van der Waals surface area (Å²) in [6.07, 6.45) is 0.144. The number of ether oxygens (including phenoxy) is 1. The largest absolute Gasteiger partial charge is 0.462 e. The van der Waals surface area contributed by atoms with E-state index in [1.54, 1.807) is 31.2 Å². The average Bonchev–Trinajstić information content (AvgIpc) is 2.96. The van der Waals surface area contributed by atoms with Crippen molar-refractivity contribution in [3.05, 3.63) is 29.8 Å². The molecule has 7 nitrogen and oxygen atoms in total. The van der Waals surface area contributed by atoms with Crippen molar-refractivity contribution in [1.29, 1.82) is 0 Å². The summed E-state index contributed by atoms with van der Waals surface area (Å²) < 4.78 is 5.05. The molecular formula is C18H25N3O4. The zero-order valence-corrected chi connectivity index (χ0v) is 14.9. The standard InChI is InChI=1S/C18H25N3O4/c1-4-25-18(24)14-7-5-6-8-15(14)21-12-13(11-16(21)22)17(23)19-9-10-20(2)3/h5-8,13H,4,9-12H2,1-3H3,(H,19,23). The number of esters is 1. The van der Waals surface area contributed by atoms with E-state index in [0.717, 1.165) is 6.54 Å². The summed E-state index contributed by atoms with van der Waals surface area (Å²) in [5, 5.41) is 2.86. The molecular weight excluding hydrogens is 322 g/mol. The summed E-state index contributed by atoms with van der Waals surface area (Å²) in [7, 11) is 3.86. The molecule has 0 saturated carbocycles. The summed E-state index contributed by atoms with van der Waals surface area (Å²) in [5.41, 5.74) is 0.834. The molecule has 1 fully saturated rings. The Morgan fingerprint density at radius 2 is 2.04 bits per heavy atom.